The number of rotatable bonds is 3. The predicted octanol–water partition coefficient (Wildman–Crippen LogP) is 3.68. The minimum absolute atomic E-state index is 0.0457. The summed E-state index contributed by atoms with van der Waals surface area (Å²) < 4.78 is 5.84. The van der Waals surface area contributed by atoms with Gasteiger partial charge in [-0.25, -0.2) is 4.99 Å². The number of benzene rings is 1. The molecule has 0 amide bonds. The van der Waals surface area contributed by atoms with Crippen LogP contribution in [0.25, 0.3) is 10.4 Å². The number of hydrogen-bond acceptors (Lipinski definition) is 6. The normalized spacial score (nSPS) is 23.1. The smallest absolute Gasteiger partial charge is 0.182 e. The molecule has 2 unspecified atom stereocenters. The Morgan fingerprint density at radius 2 is 2.07 bits per heavy atom. The van der Waals surface area contributed by atoms with Crippen molar-refractivity contribution in [3.05, 3.63) is 58.2 Å². The van der Waals surface area contributed by atoms with E-state index in [4.69, 9.17) is 9.73 Å². The lowest BCUT2D eigenvalue weighted by atomic mass is 10.1. The van der Waals surface area contributed by atoms with Crippen LogP contribution >= 0.6 is 11.3 Å². The van der Waals surface area contributed by atoms with Crippen molar-refractivity contribution < 1.29 is 4.74 Å². The van der Waals surface area contributed by atoms with E-state index in [1.165, 1.54) is 20.9 Å². The van der Waals surface area contributed by atoms with Crippen LogP contribution in [0.3, 0.4) is 0 Å². The number of nitrogens with zero attached hydrogens (tertiary/aromatic N) is 3. The van der Waals surface area contributed by atoms with Gasteiger partial charge in [-0.05, 0) is 24.1 Å². The van der Waals surface area contributed by atoms with Gasteiger partial charge in [0.15, 0.2) is 6.23 Å². The van der Waals surface area contributed by atoms with Gasteiger partial charge < -0.3 is 10.1 Å². The second-order valence-electron chi connectivity index (χ2n) is 7.36. The summed E-state index contributed by atoms with van der Waals surface area (Å²) in [5.41, 5.74) is 6.20. The van der Waals surface area contributed by atoms with Crippen LogP contribution in [0.4, 0.5) is 5.69 Å². The Hall–Kier alpha value is -2.48. The molecule has 2 N–H and O–H groups in total. The Kier molecular flexibility index (Phi) is 3.32. The highest BCUT2D eigenvalue weighted by atomic mass is 32.1. The number of ether oxygens (including phenoxy) is 1. The molecule has 6 rings (SSSR count). The van der Waals surface area contributed by atoms with Gasteiger partial charge in [-0.15, -0.1) is 11.3 Å². The monoisotopic (exact) mass is 377 g/mol. The highest BCUT2D eigenvalue weighted by Gasteiger charge is 2.45. The molecular formula is C20H19N5OS. The van der Waals surface area contributed by atoms with Crippen molar-refractivity contribution in [1.82, 2.24) is 15.1 Å². The van der Waals surface area contributed by atoms with Gasteiger partial charge in [-0.2, -0.15) is 5.10 Å². The summed E-state index contributed by atoms with van der Waals surface area (Å²) in [6, 6.07) is 10.9. The number of aliphatic imine (C=N–C) groups is 1. The van der Waals surface area contributed by atoms with Gasteiger partial charge in [0.25, 0.3) is 0 Å². The molecule has 5 heterocycles. The highest BCUT2D eigenvalue weighted by molar-refractivity contribution is 7.16. The van der Waals surface area contributed by atoms with Gasteiger partial charge >= 0.3 is 0 Å². The summed E-state index contributed by atoms with van der Waals surface area (Å²) in [7, 11) is 0. The minimum Gasteiger partial charge on any atom is -0.342 e. The number of nitrogens with one attached hydrogen (secondary N) is 2. The van der Waals surface area contributed by atoms with Crippen molar-refractivity contribution >= 4 is 22.9 Å². The third kappa shape index (κ3) is 2.62. The summed E-state index contributed by atoms with van der Waals surface area (Å²) in [6.07, 6.45) is 1.93. The van der Waals surface area contributed by atoms with Crippen LogP contribution in [-0.4, -0.2) is 33.7 Å². The fourth-order valence-electron chi connectivity index (χ4n) is 3.99. The van der Waals surface area contributed by atoms with Gasteiger partial charge in [0.05, 0.1) is 23.3 Å². The van der Waals surface area contributed by atoms with E-state index in [0.29, 0.717) is 0 Å². The van der Waals surface area contributed by atoms with Gasteiger partial charge in [0.2, 0.25) is 0 Å². The number of thiophene rings is 1. The summed E-state index contributed by atoms with van der Waals surface area (Å²) in [5, 5.41) is 10.8. The molecule has 7 heteroatoms. The molecule has 27 heavy (non-hydrogen) atoms. The molecule has 3 aliphatic heterocycles. The van der Waals surface area contributed by atoms with Crippen molar-refractivity contribution in [3.63, 3.8) is 0 Å². The van der Waals surface area contributed by atoms with E-state index in [1.807, 2.05) is 6.20 Å². The van der Waals surface area contributed by atoms with Crippen LogP contribution < -0.4 is 5.32 Å². The highest BCUT2D eigenvalue weighted by Crippen LogP contribution is 2.50. The third-order valence-electron chi connectivity index (χ3n) is 5.42. The zero-order chi connectivity index (χ0) is 18.0. The SMILES string of the molecule is Cc1[nH]ncc1-c1cc2c(s1)C1OC1N=C(CN1Cc3ccccc3C1)N2. The Morgan fingerprint density at radius 3 is 2.81 bits per heavy atom. The average Bonchev–Trinajstić information content (AvgIpc) is 2.97. The topological polar surface area (TPSA) is 68.8 Å². The summed E-state index contributed by atoms with van der Waals surface area (Å²) in [5.74, 6) is 0.988. The molecule has 0 bridgehead atoms. The Morgan fingerprint density at radius 1 is 1.26 bits per heavy atom. The van der Waals surface area contributed by atoms with Gasteiger partial charge in [0.1, 0.15) is 11.9 Å². The summed E-state index contributed by atoms with van der Waals surface area (Å²) in [4.78, 5) is 9.67. The number of epoxide rings is 1. The maximum atomic E-state index is 5.84. The Bertz CT molecular complexity index is 1040. The van der Waals surface area contributed by atoms with E-state index in [-0.39, 0.29) is 12.3 Å². The number of hydrogen-bond donors (Lipinski definition) is 2. The Labute approximate surface area is 160 Å². The number of anilines is 1. The molecule has 0 radical (unpaired) electrons. The van der Waals surface area contributed by atoms with Gasteiger partial charge in [0, 0.05) is 29.2 Å². The van der Waals surface area contributed by atoms with E-state index in [9.17, 15) is 0 Å². The van der Waals surface area contributed by atoms with Crippen molar-refractivity contribution in [2.75, 3.05) is 11.9 Å². The molecule has 1 saturated heterocycles. The number of aromatic amines is 1. The summed E-state index contributed by atoms with van der Waals surface area (Å²) in [6.45, 7) is 4.80. The molecule has 0 spiro atoms. The minimum atomic E-state index is -0.0457. The molecular weight excluding hydrogens is 358 g/mol. The lowest BCUT2D eigenvalue weighted by molar-refractivity contribution is 0.324. The van der Waals surface area contributed by atoms with Crippen LogP contribution in [0.15, 0.2) is 41.5 Å². The summed E-state index contributed by atoms with van der Waals surface area (Å²) >= 11 is 1.77. The van der Waals surface area contributed by atoms with Crippen molar-refractivity contribution in [2.45, 2.75) is 32.3 Å². The van der Waals surface area contributed by atoms with E-state index in [1.54, 1.807) is 11.3 Å². The fourth-order valence-corrected chi connectivity index (χ4v) is 5.23. The van der Waals surface area contributed by atoms with E-state index >= 15 is 0 Å². The molecule has 0 saturated carbocycles. The largest absolute Gasteiger partial charge is 0.342 e. The zero-order valence-electron chi connectivity index (χ0n) is 14.9. The van der Waals surface area contributed by atoms with E-state index in [0.717, 1.165) is 42.4 Å². The van der Waals surface area contributed by atoms with Crippen molar-refractivity contribution in [3.8, 4) is 10.4 Å². The molecule has 3 aliphatic rings. The first kappa shape index (κ1) is 15.6. The number of aryl methyl sites for hydroxylation is 1. The van der Waals surface area contributed by atoms with Gasteiger partial charge in [-0.3, -0.25) is 10.00 Å². The van der Waals surface area contributed by atoms with Crippen LogP contribution in [0, 0.1) is 6.92 Å². The first-order valence-electron chi connectivity index (χ1n) is 9.17. The molecule has 136 valence electrons. The van der Waals surface area contributed by atoms with Crippen LogP contribution in [-0.2, 0) is 17.8 Å². The lowest BCUT2D eigenvalue weighted by Crippen LogP contribution is -2.29. The fraction of sp³-hybridized carbons (Fsp3) is 0.300. The second-order valence-corrected chi connectivity index (χ2v) is 8.44. The van der Waals surface area contributed by atoms with E-state index in [2.05, 4.69) is 57.7 Å². The maximum Gasteiger partial charge on any atom is 0.182 e. The second kappa shape index (κ2) is 5.76. The van der Waals surface area contributed by atoms with Crippen LogP contribution in [0.2, 0.25) is 0 Å². The predicted molar refractivity (Wildman–Crippen MR) is 106 cm³/mol. The molecule has 3 aromatic rings. The lowest BCUT2D eigenvalue weighted by Gasteiger charge is -2.17. The average molecular weight is 377 g/mol. The quantitative estimate of drug-likeness (QED) is 0.683. The molecule has 6 nitrogen and oxygen atoms in total. The third-order valence-corrected chi connectivity index (χ3v) is 6.65. The number of aromatic nitrogens is 2. The molecule has 2 atom stereocenters. The van der Waals surface area contributed by atoms with Gasteiger partial charge in [-0.1, -0.05) is 24.3 Å². The molecule has 0 aliphatic carbocycles. The number of H-pyrrole nitrogens is 1. The maximum absolute atomic E-state index is 5.84. The molecule has 1 fully saturated rings. The van der Waals surface area contributed by atoms with Crippen LogP contribution in [0.1, 0.15) is 27.8 Å². The zero-order valence-corrected chi connectivity index (χ0v) is 15.7. The molecule has 2 aromatic heterocycles. The van der Waals surface area contributed by atoms with Crippen molar-refractivity contribution in [1.29, 1.82) is 0 Å². The van der Waals surface area contributed by atoms with Crippen molar-refractivity contribution in [2.24, 2.45) is 4.99 Å². The van der Waals surface area contributed by atoms with E-state index < -0.39 is 0 Å². The number of fused-ring (bicyclic) bond motifs is 4. The Balaban J connectivity index is 1.26. The first-order chi connectivity index (χ1) is 13.2. The first-order valence-corrected chi connectivity index (χ1v) is 9.98. The van der Waals surface area contributed by atoms with Crippen LogP contribution in [0.5, 0.6) is 0 Å². The number of amidine groups is 1. The molecule has 1 aromatic carbocycles. The standard InChI is InChI=1S/C20H19N5OS/c1-11-14(7-21-24-11)16-6-15-19(27-16)18-20(26-18)23-17(22-15)10-25-8-12-4-2-3-5-13(12)9-25/h2-7,18,20H,8-10H2,1H3,(H,21,24)(H,22,23).